The van der Waals surface area contributed by atoms with E-state index in [1.165, 1.54) is 0 Å². The molecule has 2 aliphatic rings. The van der Waals surface area contributed by atoms with E-state index in [1.807, 2.05) is 4.72 Å². The van der Waals surface area contributed by atoms with Gasteiger partial charge in [-0.1, -0.05) is 29.8 Å². The number of aromatic carboxylic acids is 1. The lowest BCUT2D eigenvalue weighted by Crippen LogP contribution is -2.61. The van der Waals surface area contributed by atoms with Crippen molar-refractivity contribution in [2.24, 2.45) is 0 Å². The van der Waals surface area contributed by atoms with Crippen molar-refractivity contribution in [2.45, 2.75) is 18.4 Å². The zero-order valence-electron chi connectivity index (χ0n) is 26.3. The lowest BCUT2D eigenvalue weighted by Gasteiger charge is -2.33. The second-order valence-electron chi connectivity index (χ2n) is 11.3. The molecule has 25 heteroatoms. The fourth-order valence-corrected chi connectivity index (χ4v) is 7.23. The average Bonchev–Trinajstić information content (AvgIpc) is 3.08. The summed E-state index contributed by atoms with van der Waals surface area (Å²) in [5.41, 5.74) is -1.42. The molecule has 280 valence electrons. The van der Waals surface area contributed by atoms with Gasteiger partial charge in [-0.2, -0.15) is 8.42 Å². The summed E-state index contributed by atoms with van der Waals surface area (Å²) in [4.78, 5) is 83.9. The van der Waals surface area contributed by atoms with Crippen molar-refractivity contribution in [3.63, 3.8) is 0 Å². The summed E-state index contributed by atoms with van der Waals surface area (Å²) in [6, 6.07) is 4.54. The summed E-state index contributed by atoms with van der Waals surface area (Å²) in [6.45, 7) is -1.57. The summed E-state index contributed by atoms with van der Waals surface area (Å²) >= 11 is 5.85. The van der Waals surface area contributed by atoms with Gasteiger partial charge in [-0.15, -0.1) is 0 Å². The van der Waals surface area contributed by atoms with Gasteiger partial charge >= 0.3 is 48.7 Å². The van der Waals surface area contributed by atoms with Gasteiger partial charge in [0.25, 0.3) is 0 Å². The number of rotatable bonds is 9. The number of aromatic hydroxyl groups is 2. The van der Waals surface area contributed by atoms with Crippen LogP contribution in [0.1, 0.15) is 27.5 Å². The highest BCUT2D eigenvalue weighted by Crippen LogP contribution is 2.39. The number of carboxylic acids is 1. The summed E-state index contributed by atoms with van der Waals surface area (Å²) in [6.07, 6.45) is -0.312. The van der Waals surface area contributed by atoms with Crippen LogP contribution in [0.15, 0.2) is 48.5 Å². The average molecular weight is 800 g/mol. The predicted octanol–water partition coefficient (Wildman–Crippen LogP) is -0.691. The molecule has 5 rings (SSSR count). The first-order valence-corrected chi connectivity index (χ1v) is 18.2. The van der Waals surface area contributed by atoms with Crippen LogP contribution in [0.4, 0.5) is 14.9 Å². The number of piperazine rings is 1. The van der Waals surface area contributed by atoms with E-state index in [1.54, 1.807) is 0 Å². The maximum absolute atomic E-state index is 14.2. The van der Waals surface area contributed by atoms with E-state index in [4.69, 9.17) is 16.3 Å². The van der Waals surface area contributed by atoms with E-state index in [0.29, 0.717) is 0 Å². The molecule has 3 aromatic rings. The monoisotopic (exact) mass is 799 g/mol. The predicted molar refractivity (Wildman–Crippen MR) is 178 cm³/mol. The van der Waals surface area contributed by atoms with Crippen LogP contribution < -0.4 is 25.3 Å². The number of fused-ring (bicyclic) bond motifs is 1. The largest absolute Gasteiger partial charge is 0.547 e. The lowest BCUT2D eigenvalue weighted by molar-refractivity contribution is -0.150. The Bertz CT molecular complexity index is 2210. The third kappa shape index (κ3) is 7.84. The number of hydrogen-bond acceptors (Lipinski definition) is 12. The number of urea groups is 1. The Kier molecular flexibility index (Phi) is 10.6. The summed E-state index contributed by atoms with van der Waals surface area (Å²) in [7, 11) is -11.6. The lowest BCUT2D eigenvalue weighted by atomic mass is 9.72. The van der Waals surface area contributed by atoms with Crippen LogP contribution in [0.2, 0.25) is 5.02 Å². The minimum atomic E-state index is -4.91. The molecule has 1 fully saturated rings. The maximum atomic E-state index is 14.2. The summed E-state index contributed by atoms with van der Waals surface area (Å²) in [5, 5.41) is 42.8. The van der Waals surface area contributed by atoms with Gasteiger partial charge in [0, 0.05) is 6.54 Å². The van der Waals surface area contributed by atoms with E-state index in [2.05, 4.69) is 10.6 Å². The number of phenols is 2. The quantitative estimate of drug-likeness (QED) is 0.0425. The van der Waals surface area contributed by atoms with Gasteiger partial charge < -0.3 is 45.4 Å². The molecule has 2 heterocycles. The summed E-state index contributed by atoms with van der Waals surface area (Å²) < 4.78 is 59.0. The van der Waals surface area contributed by atoms with Gasteiger partial charge in [0.2, 0.25) is 5.91 Å². The highest BCUT2D eigenvalue weighted by molar-refractivity contribution is 7.91. The van der Waals surface area contributed by atoms with Crippen LogP contribution in [0.3, 0.4) is 0 Å². The van der Waals surface area contributed by atoms with Crippen molar-refractivity contribution in [3.05, 3.63) is 76.1 Å². The van der Waals surface area contributed by atoms with Crippen molar-refractivity contribution >= 4 is 77.2 Å². The maximum Gasteiger partial charge on any atom is 0.547 e. The van der Waals surface area contributed by atoms with E-state index < -0.39 is 124 Å². The third-order valence-electron chi connectivity index (χ3n) is 7.90. The Labute approximate surface area is 302 Å². The van der Waals surface area contributed by atoms with Gasteiger partial charge in [-0.3, -0.25) is 28.6 Å². The molecule has 0 radical (unpaired) electrons. The van der Waals surface area contributed by atoms with Crippen LogP contribution in [0.25, 0.3) is 0 Å². The standard InChI is InChI=1S/C28H25BClFN5O15PS/c30-20-16(7-8-17(37)22(20)38)34-53(49,50)36-10-9-35(25(40)26(36)41)28(44)33-21(12-1-4-14(5-2-12)52(46,47)48)24(39)32-18-11-13-3-6-15(31)19(27(42)43)23(13)51-29(18)45/h1-8,18,21,34,37-38,45H,9-11H2,(H,32,39)(H,33,44)(H,42,43)(H2,46,47,48)/t18-,21?/m0/s1. The normalized spacial score (nSPS) is 16.7. The molecule has 0 aliphatic carbocycles. The minimum Gasteiger partial charge on any atom is -0.534 e. The number of hydrogen-bond donors (Lipinski definition) is 9. The Morgan fingerprint density at radius 3 is 2.30 bits per heavy atom. The van der Waals surface area contributed by atoms with Crippen molar-refractivity contribution < 1.29 is 76.1 Å². The number of anilines is 1. The molecule has 0 aromatic heterocycles. The number of imide groups is 1. The highest BCUT2D eigenvalue weighted by Gasteiger charge is 2.44. The molecule has 2 atom stereocenters. The second kappa shape index (κ2) is 14.5. The van der Waals surface area contributed by atoms with Crippen LogP contribution in [-0.4, -0.2) is 104 Å². The first kappa shape index (κ1) is 38.8. The molecule has 9 N–H and O–H groups in total. The van der Waals surface area contributed by atoms with Gasteiger partial charge in [0.1, 0.15) is 28.2 Å². The Morgan fingerprint density at radius 2 is 1.68 bits per heavy atom. The molecule has 1 saturated heterocycles. The number of phenolic OH excluding ortho intramolecular Hbond substituents is 2. The molecular weight excluding hydrogens is 775 g/mol. The molecule has 53 heavy (non-hydrogen) atoms. The van der Waals surface area contributed by atoms with Crippen LogP contribution in [0.5, 0.6) is 17.2 Å². The molecule has 0 saturated carbocycles. The fourth-order valence-electron chi connectivity index (χ4n) is 5.25. The van der Waals surface area contributed by atoms with Crippen molar-refractivity contribution in [1.82, 2.24) is 19.8 Å². The smallest absolute Gasteiger partial charge is 0.534 e. The molecular formula is C28H25BClFN5O15PS. The number of nitrogens with one attached hydrogen (secondary N) is 3. The minimum absolute atomic E-state index is 0.0638. The van der Waals surface area contributed by atoms with Gasteiger partial charge in [0.05, 0.1) is 23.5 Å². The number of carboxylic acid groups (broad SMARTS) is 1. The van der Waals surface area contributed by atoms with Crippen LogP contribution in [-0.2, 0) is 35.6 Å². The topological polar surface area (TPSA) is 310 Å². The van der Waals surface area contributed by atoms with Gasteiger partial charge in [-0.25, -0.2) is 18.3 Å². The molecule has 20 nitrogen and oxygen atoms in total. The van der Waals surface area contributed by atoms with Crippen molar-refractivity contribution in [3.8, 4) is 17.2 Å². The molecule has 3 aromatic carbocycles. The van der Waals surface area contributed by atoms with E-state index in [-0.39, 0.29) is 26.8 Å². The van der Waals surface area contributed by atoms with Gasteiger partial charge in [-0.05, 0) is 47.9 Å². The number of nitrogens with zero attached hydrogens (tertiary/aromatic N) is 2. The fraction of sp³-hybridized carbons (Fsp3) is 0.179. The highest BCUT2D eigenvalue weighted by atomic mass is 35.5. The molecule has 2 aliphatic heterocycles. The Balaban J connectivity index is 1.37. The zero-order valence-corrected chi connectivity index (χ0v) is 28.8. The van der Waals surface area contributed by atoms with Crippen LogP contribution >= 0.6 is 19.2 Å². The first-order valence-electron chi connectivity index (χ1n) is 14.7. The molecule has 1 unspecified atom stereocenters. The van der Waals surface area contributed by atoms with Crippen LogP contribution in [0, 0.1) is 5.82 Å². The molecule has 0 bridgehead atoms. The number of amides is 5. The first-order chi connectivity index (χ1) is 24.7. The van der Waals surface area contributed by atoms with Crippen molar-refractivity contribution in [1.29, 1.82) is 0 Å². The summed E-state index contributed by atoms with van der Waals surface area (Å²) in [5.74, 6) is -10.8. The molecule has 0 spiro atoms. The zero-order chi connectivity index (χ0) is 39.2. The third-order valence-corrected chi connectivity index (χ3v) is 10.7. The SMILES string of the molecule is O=C(O)c1c(F)ccc2c1OB(O)[C@@H](NC(=O)C(NC(=O)N1CCN(S(=O)(=O)Nc3ccc(O)c(O)c3Cl)C(=O)C1=O)c1ccc(P(=O)(O)O)cc1)C2. The van der Waals surface area contributed by atoms with Crippen molar-refractivity contribution in [2.75, 3.05) is 17.8 Å². The number of benzene rings is 3. The second-order valence-corrected chi connectivity index (χ2v) is 14.9. The number of carbonyl (C=O) groups excluding carboxylic acids is 4. The Morgan fingerprint density at radius 1 is 1.02 bits per heavy atom. The van der Waals surface area contributed by atoms with E-state index in [0.717, 1.165) is 48.5 Å². The number of carbonyl (C=O) groups is 5. The Hall–Kier alpha value is -5.45. The van der Waals surface area contributed by atoms with Gasteiger partial charge in [0.15, 0.2) is 11.5 Å². The van der Waals surface area contributed by atoms with E-state index >= 15 is 0 Å². The molecule has 5 amide bonds. The van der Waals surface area contributed by atoms with E-state index in [9.17, 15) is 71.5 Å². The number of halogens is 2.